The molecular formula is C14H16BrNO3. The molecule has 1 aromatic rings. The summed E-state index contributed by atoms with van der Waals surface area (Å²) in [5.41, 5.74) is 1.35. The van der Waals surface area contributed by atoms with Crippen LogP contribution in [0.15, 0.2) is 15.5 Å². The molecule has 102 valence electrons. The van der Waals surface area contributed by atoms with Crippen LogP contribution in [0.5, 0.6) is 11.5 Å². The van der Waals surface area contributed by atoms with Gasteiger partial charge in [0, 0.05) is 11.1 Å². The Morgan fingerprint density at radius 2 is 1.95 bits per heavy atom. The first kappa shape index (κ1) is 14.1. The SMILES string of the molecule is COc1c(Br)cc(C2(N=C=O)CCC2)c(OC)c1C. The van der Waals surface area contributed by atoms with E-state index in [1.165, 1.54) is 0 Å². The maximum absolute atomic E-state index is 10.7. The maximum atomic E-state index is 10.7. The van der Waals surface area contributed by atoms with E-state index in [9.17, 15) is 4.79 Å². The lowest BCUT2D eigenvalue weighted by Crippen LogP contribution is -2.32. The largest absolute Gasteiger partial charge is 0.496 e. The molecule has 4 nitrogen and oxygen atoms in total. The van der Waals surface area contributed by atoms with Gasteiger partial charge in [-0.2, -0.15) is 4.99 Å². The van der Waals surface area contributed by atoms with Crippen molar-refractivity contribution in [1.29, 1.82) is 0 Å². The van der Waals surface area contributed by atoms with Crippen molar-refractivity contribution in [2.45, 2.75) is 31.7 Å². The summed E-state index contributed by atoms with van der Waals surface area (Å²) in [5, 5.41) is 0. The third kappa shape index (κ3) is 2.17. The molecule has 0 unspecified atom stereocenters. The molecule has 19 heavy (non-hydrogen) atoms. The quantitative estimate of drug-likeness (QED) is 0.629. The molecule has 0 radical (unpaired) electrons. The number of methoxy groups -OCH3 is 2. The molecule has 1 aliphatic rings. The van der Waals surface area contributed by atoms with Gasteiger partial charge in [0.05, 0.1) is 18.7 Å². The van der Waals surface area contributed by atoms with Gasteiger partial charge < -0.3 is 9.47 Å². The van der Waals surface area contributed by atoms with Crippen LogP contribution in [0.1, 0.15) is 30.4 Å². The van der Waals surface area contributed by atoms with E-state index < -0.39 is 5.54 Å². The Kier molecular flexibility index (Phi) is 3.97. The second kappa shape index (κ2) is 5.35. The second-order valence-corrected chi connectivity index (χ2v) is 5.54. The highest BCUT2D eigenvalue weighted by molar-refractivity contribution is 9.10. The monoisotopic (exact) mass is 325 g/mol. The molecule has 2 rings (SSSR count). The predicted molar refractivity (Wildman–Crippen MR) is 75.6 cm³/mol. The minimum absolute atomic E-state index is 0.480. The van der Waals surface area contributed by atoms with Crippen LogP contribution < -0.4 is 9.47 Å². The van der Waals surface area contributed by atoms with Crippen LogP contribution in [-0.4, -0.2) is 20.3 Å². The third-order valence-electron chi connectivity index (χ3n) is 3.76. The van der Waals surface area contributed by atoms with Crippen LogP contribution in [0.3, 0.4) is 0 Å². The molecule has 1 aromatic carbocycles. The zero-order valence-corrected chi connectivity index (χ0v) is 12.8. The first-order valence-corrected chi connectivity index (χ1v) is 6.89. The molecule has 1 fully saturated rings. The normalized spacial score (nSPS) is 16.2. The van der Waals surface area contributed by atoms with Crippen molar-refractivity contribution < 1.29 is 14.3 Å². The van der Waals surface area contributed by atoms with Crippen molar-refractivity contribution in [2.75, 3.05) is 14.2 Å². The van der Waals surface area contributed by atoms with Crippen LogP contribution in [0.25, 0.3) is 0 Å². The number of hydrogen-bond acceptors (Lipinski definition) is 4. The average Bonchev–Trinajstić information content (AvgIpc) is 2.34. The Morgan fingerprint density at radius 1 is 1.32 bits per heavy atom. The number of nitrogens with zero attached hydrogens (tertiary/aromatic N) is 1. The average molecular weight is 326 g/mol. The Hall–Kier alpha value is -1.32. The molecule has 0 heterocycles. The summed E-state index contributed by atoms with van der Waals surface area (Å²) < 4.78 is 11.7. The smallest absolute Gasteiger partial charge is 0.235 e. The summed E-state index contributed by atoms with van der Waals surface area (Å²) in [4.78, 5) is 14.7. The van der Waals surface area contributed by atoms with Gasteiger partial charge in [-0.25, -0.2) is 4.79 Å². The topological polar surface area (TPSA) is 47.9 Å². The molecule has 1 saturated carbocycles. The Morgan fingerprint density at radius 3 is 2.37 bits per heavy atom. The number of hydrogen-bond donors (Lipinski definition) is 0. The van der Waals surface area contributed by atoms with Crippen LogP contribution in [0.2, 0.25) is 0 Å². The molecule has 0 N–H and O–H groups in total. The van der Waals surface area contributed by atoms with Crippen molar-refractivity contribution >= 4 is 22.0 Å². The summed E-state index contributed by atoms with van der Waals surface area (Å²) in [6.45, 7) is 1.93. The minimum atomic E-state index is -0.480. The zero-order valence-electron chi connectivity index (χ0n) is 11.2. The number of benzene rings is 1. The molecule has 0 bridgehead atoms. The fourth-order valence-corrected chi connectivity index (χ4v) is 3.33. The Balaban J connectivity index is 2.66. The molecule has 0 spiro atoms. The van der Waals surface area contributed by atoms with E-state index in [1.807, 2.05) is 13.0 Å². The maximum Gasteiger partial charge on any atom is 0.235 e. The van der Waals surface area contributed by atoms with E-state index >= 15 is 0 Å². The van der Waals surface area contributed by atoms with Crippen LogP contribution in [0, 0.1) is 6.92 Å². The van der Waals surface area contributed by atoms with E-state index in [0.29, 0.717) is 0 Å². The lowest BCUT2D eigenvalue weighted by atomic mass is 9.71. The molecular weight excluding hydrogens is 310 g/mol. The molecule has 0 atom stereocenters. The summed E-state index contributed by atoms with van der Waals surface area (Å²) in [7, 11) is 3.24. The van der Waals surface area contributed by atoms with E-state index in [0.717, 1.165) is 46.4 Å². The number of rotatable bonds is 4. The van der Waals surface area contributed by atoms with Gasteiger partial charge in [0.1, 0.15) is 17.0 Å². The summed E-state index contributed by atoms with van der Waals surface area (Å²) >= 11 is 3.50. The summed E-state index contributed by atoms with van der Waals surface area (Å²) in [6.07, 6.45) is 4.44. The van der Waals surface area contributed by atoms with Crippen molar-refractivity contribution in [1.82, 2.24) is 0 Å². The number of aliphatic imine (C=N–C) groups is 1. The first-order valence-electron chi connectivity index (χ1n) is 6.10. The number of halogens is 1. The van der Waals surface area contributed by atoms with Crippen LogP contribution in [0.4, 0.5) is 0 Å². The van der Waals surface area contributed by atoms with Crippen molar-refractivity contribution in [3.8, 4) is 11.5 Å². The lowest BCUT2D eigenvalue weighted by molar-refractivity contribution is 0.245. The van der Waals surface area contributed by atoms with Gasteiger partial charge >= 0.3 is 0 Å². The Bertz CT molecular complexity index is 546. The number of isocyanates is 1. The van der Waals surface area contributed by atoms with Gasteiger partial charge in [-0.15, -0.1) is 0 Å². The molecule has 0 saturated heterocycles. The van der Waals surface area contributed by atoms with Gasteiger partial charge in [0.15, 0.2) is 0 Å². The standard InChI is InChI=1S/C14H16BrNO3/c1-9-12(18-2)10(7-11(15)13(9)19-3)14(16-8-17)5-4-6-14/h7H,4-6H2,1-3H3. The fourth-order valence-electron chi connectivity index (χ4n) is 2.64. The van der Waals surface area contributed by atoms with E-state index in [1.54, 1.807) is 20.3 Å². The number of carbonyl (C=O) groups excluding carboxylic acids is 1. The van der Waals surface area contributed by atoms with Crippen molar-refractivity contribution in [2.24, 2.45) is 4.99 Å². The highest BCUT2D eigenvalue weighted by Crippen LogP contribution is 2.51. The van der Waals surface area contributed by atoms with Crippen LogP contribution >= 0.6 is 15.9 Å². The highest BCUT2D eigenvalue weighted by atomic mass is 79.9. The minimum Gasteiger partial charge on any atom is -0.496 e. The van der Waals surface area contributed by atoms with E-state index in [4.69, 9.17) is 9.47 Å². The predicted octanol–water partition coefficient (Wildman–Crippen LogP) is 3.49. The first-order chi connectivity index (χ1) is 9.09. The molecule has 1 aliphatic carbocycles. The lowest BCUT2D eigenvalue weighted by Gasteiger charge is -2.38. The zero-order chi connectivity index (χ0) is 14.0. The van der Waals surface area contributed by atoms with Gasteiger partial charge in [-0.05, 0) is 48.2 Å². The van der Waals surface area contributed by atoms with Crippen LogP contribution in [-0.2, 0) is 10.3 Å². The highest BCUT2D eigenvalue weighted by Gasteiger charge is 2.42. The number of ether oxygens (including phenoxy) is 2. The molecule has 5 heteroatoms. The fraction of sp³-hybridized carbons (Fsp3) is 0.500. The summed E-state index contributed by atoms with van der Waals surface area (Å²) in [5.74, 6) is 1.48. The van der Waals surface area contributed by atoms with Gasteiger partial charge in [-0.3, -0.25) is 0 Å². The van der Waals surface area contributed by atoms with Crippen molar-refractivity contribution in [3.05, 3.63) is 21.7 Å². The van der Waals surface area contributed by atoms with Crippen molar-refractivity contribution in [3.63, 3.8) is 0 Å². The van der Waals surface area contributed by atoms with Gasteiger partial charge in [0.2, 0.25) is 6.08 Å². The Labute approximate surface area is 120 Å². The van der Waals surface area contributed by atoms with Gasteiger partial charge in [0.25, 0.3) is 0 Å². The summed E-state index contributed by atoms with van der Waals surface area (Å²) in [6, 6.07) is 1.94. The molecule has 0 amide bonds. The van der Waals surface area contributed by atoms with Gasteiger partial charge in [-0.1, -0.05) is 0 Å². The second-order valence-electron chi connectivity index (χ2n) is 4.69. The molecule has 0 aromatic heterocycles. The molecule has 0 aliphatic heterocycles. The van der Waals surface area contributed by atoms with E-state index in [-0.39, 0.29) is 0 Å². The van der Waals surface area contributed by atoms with E-state index in [2.05, 4.69) is 20.9 Å². The third-order valence-corrected chi connectivity index (χ3v) is 4.35.